The predicted octanol–water partition coefficient (Wildman–Crippen LogP) is 5.35. The van der Waals surface area contributed by atoms with Crippen LogP contribution in [0, 0.1) is 11.8 Å². The number of benzene rings is 2. The molecule has 4 nitrogen and oxygen atoms in total. The number of nitrogens with one attached hydrogen (secondary N) is 1. The fourth-order valence-corrected chi connectivity index (χ4v) is 3.44. The van der Waals surface area contributed by atoms with E-state index < -0.39 is 6.09 Å². The lowest BCUT2D eigenvalue weighted by Crippen LogP contribution is -2.23. The Bertz CT molecular complexity index is 707. The van der Waals surface area contributed by atoms with Gasteiger partial charge in [-0.3, -0.25) is 5.32 Å². The molecule has 2 aromatic carbocycles. The summed E-state index contributed by atoms with van der Waals surface area (Å²) in [6.45, 7) is 0.701. The molecule has 0 radical (unpaired) electrons. The van der Waals surface area contributed by atoms with Crippen LogP contribution in [0.5, 0.6) is 0 Å². The summed E-state index contributed by atoms with van der Waals surface area (Å²) in [7, 11) is 0. The molecule has 0 unspecified atom stereocenters. The average molecular weight is 374 g/mol. The number of rotatable bonds is 5. The minimum Gasteiger partial charge on any atom is -0.449 e. The van der Waals surface area contributed by atoms with Crippen molar-refractivity contribution in [3.63, 3.8) is 0 Å². The summed E-state index contributed by atoms with van der Waals surface area (Å²) in [5.74, 6) is 0.815. The molecule has 1 fully saturated rings. The second-order valence-corrected chi connectivity index (χ2v) is 7.31. The van der Waals surface area contributed by atoms with Crippen LogP contribution in [0.25, 0.3) is 11.1 Å². The molecule has 5 heteroatoms. The van der Waals surface area contributed by atoms with Gasteiger partial charge in [0.1, 0.15) is 0 Å². The van der Waals surface area contributed by atoms with Gasteiger partial charge in [0.05, 0.1) is 6.61 Å². The highest BCUT2D eigenvalue weighted by Gasteiger charge is 2.21. The fraction of sp³-hybridized carbons (Fsp3) is 0.381. The second kappa shape index (κ2) is 9.06. The summed E-state index contributed by atoms with van der Waals surface area (Å²) in [6.07, 6.45) is 3.62. The Labute approximate surface area is 159 Å². The molecule has 0 aromatic heterocycles. The molecule has 0 atom stereocenters. The van der Waals surface area contributed by atoms with Gasteiger partial charge in [0.2, 0.25) is 0 Å². The molecule has 1 aliphatic carbocycles. The summed E-state index contributed by atoms with van der Waals surface area (Å²) in [4.78, 5) is 12.0. The summed E-state index contributed by atoms with van der Waals surface area (Å²) in [6, 6.07) is 15.3. The van der Waals surface area contributed by atoms with E-state index in [1.165, 1.54) is 0 Å². The first-order valence-electron chi connectivity index (χ1n) is 9.04. The van der Waals surface area contributed by atoms with Crippen LogP contribution in [0.3, 0.4) is 0 Å². The molecule has 0 spiro atoms. The van der Waals surface area contributed by atoms with Gasteiger partial charge < -0.3 is 9.84 Å². The molecule has 0 saturated heterocycles. The van der Waals surface area contributed by atoms with Crippen LogP contribution in [0.4, 0.5) is 10.5 Å². The van der Waals surface area contributed by atoms with Crippen LogP contribution in [0.1, 0.15) is 25.7 Å². The van der Waals surface area contributed by atoms with Crippen molar-refractivity contribution in [2.75, 3.05) is 18.5 Å². The van der Waals surface area contributed by atoms with E-state index in [2.05, 4.69) is 5.32 Å². The SMILES string of the molecule is O=C(Nc1ccc(-c2ccc(Cl)cc2)cc1)OCC1CCC(CO)CC1. The number of amides is 1. The van der Waals surface area contributed by atoms with Crippen molar-refractivity contribution in [2.24, 2.45) is 11.8 Å². The third kappa shape index (κ3) is 5.23. The van der Waals surface area contributed by atoms with Gasteiger partial charge in [-0.25, -0.2) is 4.79 Å². The smallest absolute Gasteiger partial charge is 0.411 e. The van der Waals surface area contributed by atoms with E-state index in [9.17, 15) is 4.79 Å². The van der Waals surface area contributed by atoms with Crippen molar-refractivity contribution in [3.8, 4) is 11.1 Å². The lowest BCUT2D eigenvalue weighted by atomic mass is 9.83. The van der Waals surface area contributed by atoms with Crippen molar-refractivity contribution in [1.82, 2.24) is 0 Å². The van der Waals surface area contributed by atoms with E-state index in [0.717, 1.165) is 36.8 Å². The van der Waals surface area contributed by atoms with Crippen LogP contribution in [0.15, 0.2) is 48.5 Å². The van der Waals surface area contributed by atoms with E-state index in [0.29, 0.717) is 29.2 Å². The molecule has 1 amide bonds. The van der Waals surface area contributed by atoms with Crippen molar-refractivity contribution >= 4 is 23.4 Å². The molecule has 0 bridgehead atoms. The number of carbonyl (C=O) groups excluding carboxylic acids is 1. The number of ether oxygens (including phenoxy) is 1. The maximum absolute atomic E-state index is 12.0. The van der Waals surface area contributed by atoms with E-state index in [1.807, 2.05) is 48.5 Å². The minimum absolute atomic E-state index is 0.264. The topological polar surface area (TPSA) is 58.6 Å². The highest BCUT2D eigenvalue weighted by atomic mass is 35.5. The molecular weight excluding hydrogens is 350 g/mol. The molecule has 3 rings (SSSR count). The number of hydrogen-bond donors (Lipinski definition) is 2. The van der Waals surface area contributed by atoms with Crippen LogP contribution < -0.4 is 5.32 Å². The van der Waals surface area contributed by atoms with Crippen LogP contribution in [0.2, 0.25) is 5.02 Å². The average Bonchev–Trinajstić information content (AvgIpc) is 2.68. The highest BCUT2D eigenvalue weighted by Crippen LogP contribution is 2.28. The molecular formula is C21H24ClNO3. The Kier molecular flexibility index (Phi) is 6.53. The van der Waals surface area contributed by atoms with E-state index in [1.54, 1.807) is 0 Å². The third-order valence-electron chi connectivity index (χ3n) is 4.98. The second-order valence-electron chi connectivity index (χ2n) is 6.88. The van der Waals surface area contributed by atoms with Gasteiger partial charge in [0, 0.05) is 17.3 Å². The zero-order valence-electron chi connectivity index (χ0n) is 14.7. The van der Waals surface area contributed by atoms with Gasteiger partial charge in [0.15, 0.2) is 0 Å². The molecule has 2 N–H and O–H groups in total. The first-order valence-corrected chi connectivity index (χ1v) is 9.42. The number of aliphatic hydroxyl groups excluding tert-OH is 1. The summed E-state index contributed by atoms with van der Waals surface area (Å²) in [5, 5.41) is 12.6. The van der Waals surface area contributed by atoms with Gasteiger partial charge in [-0.05, 0) is 72.9 Å². The summed E-state index contributed by atoms with van der Waals surface area (Å²) < 4.78 is 5.36. The van der Waals surface area contributed by atoms with Gasteiger partial charge in [-0.2, -0.15) is 0 Å². The Balaban J connectivity index is 1.46. The number of halogens is 1. The zero-order valence-corrected chi connectivity index (χ0v) is 15.4. The van der Waals surface area contributed by atoms with E-state index >= 15 is 0 Å². The summed E-state index contributed by atoms with van der Waals surface area (Å²) >= 11 is 5.91. The molecule has 0 aliphatic heterocycles. The van der Waals surface area contributed by atoms with Gasteiger partial charge in [-0.15, -0.1) is 0 Å². The lowest BCUT2D eigenvalue weighted by molar-refractivity contribution is 0.107. The van der Waals surface area contributed by atoms with Crippen molar-refractivity contribution in [1.29, 1.82) is 0 Å². The molecule has 26 heavy (non-hydrogen) atoms. The molecule has 0 heterocycles. The molecule has 1 aliphatic rings. The third-order valence-corrected chi connectivity index (χ3v) is 5.24. The molecule has 138 valence electrons. The van der Waals surface area contributed by atoms with Gasteiger partial charge >= 0.3 is 6.09 Å². The Morgan fingerprint density at radius 3 is 2.08 bits per heavy atom. The van der Waals surface area contributed by atoms with Crippen molar-refractivity contribution in [3.05, 3.63) is 53.6 Å². The zero-order chi connectivity index (χ0) is 18.4. The van der Waals surface area contributed by atoms with E-state index in [4.69, 9.17) is 21.4 Å². The Morgan fingerprint density at radius 2 is 1.50 bits per heavy atom. The van der Waals surface area contributed by atoms with Crippen molar-refractivity contribution < 1.29 is 14.6 Å². The molecule has 2 aromatic rings. The number of aliphatic hydroxyl groups is 1. The normalized spacial score (nSPS) is 19.8. The standard InChI is InChI=1S/C21H24ClNO3/c22-19-9-5-17(6-10-19)18-7-11-20(12-8-18)23-21(25)26-14-16-3-1-15(13-24)2-4-16/h5-12,15-16,24H,1-4,13-14H2,(H,23,25). The predicted molar refractivity (Wildman–Crippen MR) is 104 cm³/mol. The highest BCUT2D eigenvalue weighted by molar-refractivity contribution is 6.30. The van der Waals surface area contributed by atoms with Gasteiger partial charge in [0.25, 0.3) is 0 Å². The summed E-state index contributed by atoms with van der Waals surface area (Å²) in [5.41, 5.74) is 2.83. The maximum Gasteiger partial charge on any atom is 0.411 e. The van der Waals surface area contributed by atoms with E-state index in [-0.39, 0.29) is 6.61 Å². The lowest BCUT2D eigenvalue weighted by Gasteiger charge is -2.26. The Morgan fingerprint density at radius 1 is 0.962 bits per heavy atom. The first-order chi connectivity index (χ1) is 12.6. The van der Waals surface area contributed by atoms with Gasteiger partial charge in [-0.1, -0.05) is 35.9 Å². The maximum atomic E-state index is 12.0. The number of hydrogen-bond acceptors (Lipinski definition) is 3. The number of anilines is 1. The number of carbonyl (C=O) groups is 1. The molecule has 1 saturated carbocycles. The fourth-order valence-electron chi connectivity index (χ4n) is 3.32. The monoisotopic (exact) mass is 373 g/mol. The largest absolute Gasteiger partial charge is 0.449 e. The minimum atomic E-state index is -0.423. The Hall–Kier alpha value is -2.04. The quantitative estimate of drug-likeness (QED) is 0.742. The first kappa shape index (κ1) is 18.7. The van der Waals surface area contributed by atoms with Crippen molar-refractivity contribution in [2.45, 2.75) is 25.7 Å². The van der Waals surface area contributed by atoms with Crippen LogP contribution in [-0.4, -0.2) is 24.4 Å². The van der Waals surface area contributed by atoms with Crippen LogP contribution >= 0.6 is 11.6 Å². The van der Waals surface area contributed by atoms with Crippen LogP contribution in [-0.2, 0) is 4.74 Å².